The van der Waals surface area contributed by atoms with E-state index in [2.05, 4.69) is 15.4 Å². The second-order valence-electron chi connectivity index (χ2n) is 7.29. The standard InChI is InChI=1S/C25H21N4O3P/c30-33(31-22-12-6-2-7-13-22,32-23-14-8-3-9-15-23)25(28-21-10-4-1-5-11-21)20-16-17-24-26-19-27-29(24)18-20/h1-19,25,28H. The van der Waals surface area contributed by atoms with E-state index in [0.29, 0.717) is 22.7 Å². The van der Waals surface area contributed by atoms with E-state index in [0.717, 1.165) is 5.69 Å². The first kappa shape index (κ1) is 20.8. The van der Waals surface area contributed by atoms with Crippen molar-refractivity contribution in [1.29, 1.82) is 0 Å². The highest BCUT2D eigenvalue weighted by atomic mass is 31.2. The Kier molecular flexibility index (Phi) is 5.79. The number of rotatable bonds is 8. The lowest BCUT2D eigenvalue weighted by Crippen LogP contribution is -2.18. The number of anilines is 1. The first-order chi connectivity index (χ1) is 16.2. The highest BCUT2D eigenvalue weighted by Gasteiger charge is 2.41. The molecule has 33 heavy (non-hydrogen) atoms. The van der Waals surface area contributed by atoms with Gasteiger partial charge in [-0.05, 0) is 42.5 Å². The van der Waals surface area contributed by atoms with Gasteiger partial charge in [0.15, 0.2) is 11.4 Å². The van der Waals surface area contributed by atoms with Gasteiger partial charge in [0.25, 0.3) is 0 Å². The van der Waals surface area contributed by atoms with Crippen molar-refractivity contribution in [3.05, 3.63) is 121 Å². The largest absolute Gasteiger partial charge is 0.457 e. The van der Waals surface area contributed by atoms with E-state index in [9.17, 15) is 4.57 Å². The van der Waals surface area contributed by atoms with Crippen molar-refractivity contribution < 1.29 is 13.6 Å². The zero-order chi connectivity index (χ0) is 22.5. The molecule has 7 nitrogen and oxygen atoms in total. The molecular weight excluding hydrogens is 435 g/mol. The molecule has 0 aliphatic heterocycles. The number of benzene rings is 3. The fraction of sp³-hybridized carbons (Fsp3) is 0.0400. The second-order valence-corrected chi connectivity index (χ2v) is 9.25. The number of fused-ring (bicyclic) bond motifs is 1. The Morgan fingerprint density at radius 1 is 0.758 bits per heavy atom. The summed E-state index contributed by atoms with van der Waals surface area (Å²) in [4.78, 5) is 4.20. The SMILES string of the molecule is O=P(Oc1ccccc1)(Oc1ccccc1)C(Nc1ccccc1)c1ccc2ncnn2c1. The summed E-state index contributed by atoms with van der Waals surface area (Å²) in [5.74, 6) is 0.0471. The van der Waals surface area contributed by atoms with Gasteiger partial charge in [0.1, 0.15) is 17.8 Å². The molecular formula is C25H21N4O3P. The van der Waals surface area contributed by atoms with Gasteiger partial charge < -0.3 is 14.4 Å². The average molecular weight is 456 g/mol. The van der Waals surface area contributed by atoms with E-state index >= 15 is 0 Å². The summed E-state index contributed by atoms with van der Waals surface area (Å²) in [7, 11) is -3.89. The van der Waals surface area contributed by atoms with Crippen LogP contribution in [0.4, 0.5) is 5.69 Å². The summed E-state index contributed by atoms with van der Waals surface area (Å²) < 4.78 is 28.4. The lowest BCUT2D eigenvalue weighted by Gasteiger charge is -2.29. The molecule has 0 spiro atoms. The van der Waals surface area contributed by atoms with Gasteiger partial charge in [0.2, 0.25) is 0 Å². The molecule has 2 aromatic heterocycles. The first-order valence-corrected chi connectivity index (χ1v) is 12.0. The topological polar surface area (TPSA) is 77.8 Å². The maximum absolute atomic E-state index is 14.6. The van der Waals surface area contributed by atoms with Crippen molar-refractivity contribution in [3.8, 4) is 11.5 Å². The molecule has 0 saturated heterocycles. The summed E-state index contributed by atoms with van der Waals surface area (Å²) in [6.07, 6.45) is 3.25. The fourth-order valence-electron chi connectivity index (χ4n) is 3.41. The Labute approximate surface area is 191 Å². The highest BCUT2D eigenvalue weighted by Crippen LogP contribution is 2.60. The van der Waals surface area contributed by atoms with E-state index in [-0.39, 0.29) is 0 Å². The molecule has 0 bridgehead atoms. The molecule has 0 amide bonds. The van der Waals surface area contributed by atoms with Crippen LogP contribution in [-0.4, -0.2) is 14.6 Å². The van der Waals surface area contributed by atoms with Crippen LogP contribution in [0.3, 0.4) is 0 Å². The van der Waals surface area contributed by atoms with Gasteiger partial charge >= 0.3 is 7.60 Å². The summed E-state index contributed by atoms with van der Waals surface area (Å²) >= 11 is 0. The van der Waals surface area contributed by atoms with Crippen LogP contribution in [0.25, 0.3) is 5.65 Å². The molecule has 1 unspecified atom stereocenters. The van der Waals surface area contributed by atoms with E-state index in [4.69, 9.17) is 9.05 Å². The van der Waals surface area contributed by atoms with E-state index in [1.165, 1.54) is 6.33 Å². The molecule has 5 rings (SSSR count). The minimum atomic E-state index is -3.89. The Morgan fingerprint density at radius 3 is 1.94 bits per heavy atom. The van der Waals surface area contributed by atoms with Crippen molar-refractivity contribution in [2.24, 2.45) is 0 Å². The molecule has 2 heterocycles. The summed E-state index contributed by atoms with van der Waals surface area (Å²) in [5, 5.41) is 7.58. The number of hydrogen-bond acceptors (Lipinski definition) is 6. The van der Waals surface area contributed by atoms with Gasteiger partial charge in [-0.15, -0.1) is 0 Å². The Bertz CT molecular complexity index is 1330. The van der Waals surface area contributed by atoms with Crippen LogP contribution < -0.4 is 14.4 Å². The third kappa shape index (κ3) is 4.73. The van der Waals surface area contributed by atoms with Gasteiger partial charge in [0, 0.05) is 17.4 Å². The number of hydrogen-bond donors (Lipinski definition) is 1. The molecule has 0 fully saturated rings. The van der Waals surface area contributed by atoms with Crippen LogP contribution in [0.2, 0.25) is 0 Å². The van der Waals surface area contributed by atoms with Crippen LogP contribution in [0.15, 0.2) is 116 Å². The smallest absolute Gasteiger partial charge is 0.414 e. The normalized spacial score (nSPS) is 12.2. The lowest BCUT2D eigenvalue weighted by atomic mass is 10.2. The van der Waals surface area contributed by atoms with Crippen LogP contribution in [0.5, 0.6) is 11.5 Å². The zero-order valence-corrected chi connectivity index (χ0v) is 18.5. The Morgan fingerprint density at radius 2 is 1.33 bits per heavy atom. The summed E-state index contributed by atoms with van der Waals surface area (Å²) in [5.41, 5.74) is 2.13. The molecule has 164 valence electrons. The molecule has 1 N–H and O–H groups in total. The van der Waals surface area contributed by atoms with Gasteiger partial charge in [0.05, 0.1) is 0 Å². The Balaban J connectivity index is 1.62. The molecule has 1 atom stereocenters. The number of nitrogens with zero attached hydrogens (tertiary/aromatic N) is 3. The van der Waals surface area contributed by atoms with Crippen molar-refractivity contribution in [1.82, 2.24) is 14.6 Å². The van der Waals surface area contributed by atoms with Crippen molar-refractivity contribution >= 4 is 18.9 Å². The van der Waals surface area contributed by atoms with Crippen molar-refractivity contribution in [2.45, 2.75) is 5.78 Å². The monoisotopic (exact) mass is 456 g/mol. The zero-order valence-electron chi connectivity index (χ0n) is 17.6. The number of nitrogens with one attached hydrogen (secondary N) is 1. The minimum absolute atomic E-state index is 0.443. The van der Waals surface area contributed by atoms with Gasteiger partial charge in [-0.2, -0.15) is 5.10 Å². The summed E-state index contributed by atoms with van der Waals surface area (Å²) in [6.45, 7) is 0. The van der Waals surface area contributed by atoms with E-state index in [1.54, 1.807) is 35.0 Å². The van der Waals surface area contributed by atoms with Crippen LogP contribution in [-0.2, 0) is 4.57 Å². The summed E-state index contributed by atoms with van der Waals surface area (Å²) in [6, 6.07) is 31.2. The van der Waals surface area contributed by atoms with Crippen molar-refractivity contribution in [3.63, 3.8) is 0 Å². The van der Waals surface area contributed by atoms with Crippen LogP contribution in [0.1, 0.15) is 11.3 Å². The second kappa shape index (κ2) is 9.18. The molecule has 0 saturated carbocycles. The maximum atomic E-state index is 14.6. The van der Waals surface area contributed by atoms with Gasteiger partial charge in [-0.1, -0.05) is 60.7 Å². The number of para-hydroxylation sites is 3. The van der Waals surface area contributed by atoms with E-state index in [1.807, 2.05) is 78.9 Å². The molecule has 0 aliphatic rings. The Hall–Kier alpha value is -4.09. The number of aromatic nitrogens is 3. The van der Waals surface area contributed by atoms with Crippen LogP contribution >= 0.6 is 7.60 Å². The predicted molar refractivity (Wildman–Crippen MR) is 128 cm³/mol. The molecule has 0 radical (unpaired) electrons. The third-order valence-corrected chi connectivity index (χ3v) is 6.95. The maximum Gasteiger partial charge on any atom is 0.457 e. The lowest BCUT2D eigenvalue weighted by molar-refractivity contribution is 0.376. The van der Waals surface area contributed by atoms with Crippen molar-refractivity contribution in [2.75, 3.05) is 5.32 Å². The average Bonchev–Trinajstić information content (AvgIpc) is 3.32. The highest BCUT2D eigenvalue weighted by molar-refractivity contribution is 7.55. The van der Waals surface area contributed by atoms with E-state index < -0.39 is 13.4 Å². The number of pyridine rings is 1. The van der Waals surface area contributed by atoms with Gasteiger partial charge in [-0.3, -0.25) is 0 Å². The first-order valence-electron chi connectivity index (χ1n) is 10.4. The molecule has 0 aliphatic carbocycles. The van der Waals surface area contributed by atoms with Crippen LogP contribution in [0, 0.1) is 0 Å². The molecule has 8 heteroatoms. The fourth-order valence-corrected chi connectivity index (χ4v) is 5.32. The predicted octanol–water partition coefficient (Wildman–Crippen LogP) is 6.19. The minimum Gasteiger partial charge on any atom is -0.414 e. The quantitative estimate of drug-likeness (QED) is 0.281. The molecule has 5 aromatic rings. The van der Waals surface area contributed by atoms with Gasteiger partial charge in [-0.25, -0.2) is 14.1 Å². The molecule has 3 aromatic carbocycles. The third-order valence-electron chi connectivity index (χ3n) is 4.96.